The quantitative estimate of drug-likeness (QED) is 0.624. The first-order valence-electron chi connectivity index (χ1n) is 11.0. The molecule has 0 aromatic heterocycles. The van der Waals surface area contributed by atoms with Crippen LogP contribution >= 0.6 is 0 Å². The summed E-state index contributed by atoms with van der Waals surface area (Å²) >= 11 is 0. The Morgan fingerprint density at radius 3 is 2.68 bits per heavy atom. The zero-order valence-corrected chi connectivity index (χ0v) is 18.4. The summed E-state index contributed by atoms with van der Waals surface area (Å²) < 4.78 is 34.6. The third kappa shape index (κ3) is 2.68. The molecule has 0 N–H and O–H groups in total. The summed E-state index contributed by atoms with van der Waals surface area (Å²) in [4.78, 5) is 24.7. The molecule has 0 aromatic rings. The molecular weight excluding hydrogens is 404 g/mol. The lowest BCUT2D eigenvalue weighted by Crippen LogP contribution is -2.67. The van der Waals surface area contributed by atoms with E-state index in [-0.39, 0.29) is 23.4 Å². The predicted octanol–water partition coefficient (Wildman–Crippen LogP) is 2.47. The second-order valence-electron chi connectivity index (χ2n) is 9.35. The van der Waals surface area contributed by atoms with Crippen LogP contribution < -0.4 is 0 Å². The number of cyclic esters (lactones) is 1. The summed E-state index contributed by atoms with van der Waals surface area (Å²) in [6.07, 6.45) is 5.37. The molecule has 2 saturated heterocycles. The number of rotatable bonds is 4. The van der Waals surface area contributed by atoms with Gasteiger partial charge in [0.2, 0.25) is 6.29 Å². The topological polar surface area (TPSA) is 89.5 Å². The molecule has 31 heavy (non-hydrogen) atoms. The Hall–Kier alpha value is -1.74. The zero-order chi connectivity index (χ0) is 22.0. The molecule has 2 bridgehead atoms. The molecule has 1 saturated carbocycles. The molecule has 0 radical (unpaired) electrons. The number of ether oxygens (including phenoxy) is 6. The minimum atomic E-state index is -0.743. The van der Waals surface area contributed by atoms with Gasteiger partial charge in [-0.1, -0.05) is 13.0 Å². The van der Waals surface area contributed by atoms with Gasteiger partial charge >= 0.3 is 11.9 Å². The molecule has 0 aromatic carbocycles. The molecule has 1 spiro atoms. The number of hydrogen-bond acceptors (Lipinski definition) is 8. The van der Waals surface area contributed by atoms with Crippen LogP contribution in [-0.2, 0) is 38.0 Å². The van der Waals surface area contributed by atoms with E-state index in [1.807, 2.05) is 6.08 Å². The van der Waals surface area contributed by atoms with E-state index in [0.29, 0.717) is 23.5 Å². The molecular formula is C23H30O8. The molecule has 170 valence electrons. The zero-order valence-electron chi connectivity index (χ0n) is 18.4. The van der Waals surface area contributed by atoms with Crippen molar-refractivity contribution in [1.29, 1.82) is 0 Å². The van der Waals surface area contributed by atoms with Crippen LogP contribution in [0.3, 0.4) is 0 Å². The van der Waals surface area contributed by atoms with Gasteiger partial charge in [0, 0.05) is 36.9 Å². The molecule has 3 heterocycles. The molecule has 2 aliphatic carbocycles. The van der Waals surface area contributed by atoms with E-state index in [1.54, 1.807) is 7.11 Å². The van der Waals surface area contributed by atoms with Crippen molar-refractivity contribution in [2.75, 3.05) is 21.3 Å². The van der Waals surface area contributed by atoms with Crippen LogP contribution in [0.15, 0.2) is 23.3 Å². The van der Waals surface area contributed by atoms with Crippen molar-refractivity contribution in [3.8, 4) is 0 Å². The van der Waals surface area contributed by atoms with E-state index in [2.05, 4.69) is 6.92 Å². The monoisotopic (exact) mass is 434 g/mol. The SMILES string of the molecule is COC(=O)C1=CCC[C@H]2[C@@]13CC[C@@H](C)[C@]21C[C@@H](C2=CC(=O)O[C@H]2OC)O[C@@H]1O[C@@H]3OC. The smallest absolute Gasteiger partial charge is 0.334 e. The Labute approximate surface area is 181 Å². The van der Waals surface area contributed by atoms with Crippen molar-refractivity contribution in [2.45, 2.75) is 64.0 Å². The first-order chi connectivity index (χ1) is 14.9. The van der Waals surface area contributed by atoms with Crippen LogP contribution in [-0.4, -0.2) is 58.2 Å². The van der Waals surface area contributed by atoms with Gasteiger partial charge in [-0.3, -0.25) is 0 Å². The fourth-order valence-corrected chi connectivity index (χ4v) is 7.12. The van der Waals surface area contributed by atoms with Gasteiger partial charge in [0.1, 0.15) is 0 Å². The minimum Gasteiger partial charge on any atom is -0.466 e. The van der Waals surface area contributed by atoms with E-state index in [4.69, 9.17) is 28.4 Å². The highest BCUT2D eigenvalue weighted by atomic mass is 16.8. The summed E-state index contributed by atoms with van der Waals surface area (Å²) in [6.45, 7) is 2.24. The molecule has 8 heteroatoms. The number of hydrogen-bond donors (Lipinski definition) is 0. The third-order valence-corrected chi connectivity index (χ3v) is 8.40. The molecule has 0 amide bonds. The molecule has 5 aliphatic rings. The maximum atomic E-state index is 12.8. The maximum Gasteiger partial charge on any atom is 0.334 e. The van der Waals surface area contributed by atoms with Crippen molar-refractivity contribution in [1.82, 2.24) is 0 Å². The van der Waals surface area contributed by atoms with E-state index in [9.17, 15) is 9.59 Å². The van der Waals surface area contributed by atoms with Gasteiger partial charge in [-0.2, -0.15) is 0 Å². The van der Waals surface area contributed by atoms with E-state index >= 15 is 0 Å². The van der Waals surface area contributed by atoms with Gasteiger partial charge < -0.3 is 28.4 Å². The summed E-state index contributed by atoms with van der Waals surface area (Å²) in [5.74, 6) is -0.287. The molecule has 5 rings (SSSR count). The Kier molecular flexibility index (Phi) is 5.04. The first-order valence-corrected chi connectivity index (χ1v) is 11.0. The first kappa shape index (κ1) is 21.1. The average Bonchev–Trinajstić information content (AvgIpc) is 3.35. The summed E-state index contributed by atoms with van der Waals surface area (Å²) in [7, 11) is 4.55. The van der Waals surface area contributed by atoms with Crippen molar-refractivity contribution >= 4 is 11.9 Å². The molecule has 8 nitrogen and oxygen atoms in total. The highest BCUT2D eigenvalue weighted by Gasteiger charge is 2.73. The van der Waals surface area contributed by atoms with Gasteiger partial charge in [0.05, 0.1) is 18.6 Å². The largest absolute Gasteiger partial charge is 0.466 e. The van der Waals surface area contributed by atoms with Gasteiger partial charge in [-0.25, -0.2) is 9.59 Å². The van der Waals surface area contributed by atoms with Crippen LogP contribution in [0.2, 0.25) is 0 Å². The number of carbonyl (C=O) groups excluding carboxylic acids is 2. The fourth-order valence-electron chi connectivity index (χ4n) is 7.12. The average molecular weight is 434 g/mol. The van der Waals surface area contributed by atoms with Gasteiger partial charge in [-0.05, 0) is 43.9 Å². The summed E-state index contributed by atoms with van der Waals surface area (Å²) in [5, 5.41) is 0. The number of esters is 2. The van der Waals surface area contributed by atoms with Gasteiger partial charge in [0.15, 0.2) is 12.6 Å². The number of carbonyl (C=O) groups is 2. The highest BCUT2D eigenvalue weighted by Crippen LogP contribution is 2.71. The summed E-state index contributed by atoms with van der Waals surface area (Å²) in [5.41, 5.74) is 0.477. The predicted molar refractivity (Wildman–Crippen MR) is 106 cm³/mol. The number of allylic oxidation sites excluding steroid dienone is 1. The molecule has 0 unspecified atom stereocenters. The molecule has 3 aliphatic heterocycles. The Balaban J connectivity index is 1.59. The van der Waals surface area contributed by atoms with Crippen molar-refractivity contribution in [3.05, 3.63) is 23.3 Å². The van der Waals surface area contributed by atoms with Crippen molar-refractivity contribution < 1.29 is 38.0 Å². The van der Waals surface area contributed by atoms with E-state index in [1.165, 1.54) is 20.3 Å². The maximum absolute atomic E-state index is 12.8. The Morgan fingerprint density at radius 2 is 1.97 bits per heavy atom. The standard InChI is InChI=1S/C23H30O8/c1-12-8-9-22-14(18(25)26-2)6-5-7-16(22)23(12)11-15(29-21(23)31-20(22)28-4)13-10-17(24)30-19(13)27-3/h6,10,12,15-16,19-21H,5,7-9,11H2,1-4H3/t12-,15+,16+,19-,20+,21-,22-,23-/m1/s1. The van der Waals surface area contributed by atoms with Crippen LogP contribution in [0.25, 0.3) is 0 Å². The Morgan fingerprint density at radius 1 is 1.16 bits per heavy atom. The van der Waals surface area contributed by atoms with Crippen LogP contribution in [0.1, 0.15) is 39.0 Å². The second kappa shape index (κ2) is 7.40. The van der Waals surface area contributed by atoms with Crippen LogP contribution in [0, 0.1) is 22.7 Å². The van der Waals surface area contributed by atoms with Crippen molar-refractivity contribution in [3.63, 3.8) is 0 Å². The third-order valence-electron chi connectivity index (χ3n) is 8.40. The van der Waals surface area contributed by atoms with Crippen LogP contribution in [0.4, 0.5) is 0 Å². The summed E-state index contributed by atoms with van der Waals surface area (Å²) in [6, 6.07) is 0. The second-order valence-corrected chi connectivity index (χ2v) is 9.35. The lowest BCUT2D eigenvalue weighted by atomic mass is 9.44. The van der Waals surface area contributed by atoms with Crippen LogP contribution in [0.5, 0.6) is 0 Å². The van der Waals surface area contributed by atoms with E-state index in [0.717, 1.165) is 25.7 Å². The van der Waals surface area contributed by atoms with Crippen molar-refractivity contribution in [2.24, 2.45) is 22.7 Å². The fraction of sp³-hybridized carbons (Fsp3) is 0.739. The van der Waals surface area contributed by atoms with E-state index < -0.39 is 30.3 Å². The van der Waals surface area contributed by atoms with Gasteiger partial charge in [-0.15, -0.1) is 0 Å². The highest BCUT2D eigenvalue weighted by molar-refractivity contribution is 5.90. The lowest BCUT2D eigenvalue weighted by molar-refractivity contribution is -0.365. The van der Waals surface area contributed by atoms with Gasteiger partial charge in [0.25, 0.3) is 0 Å². The molecule has 3 fully saturated rings. The number of methoxy groups -OCH3 is 3. The Bertz CT molecular complexity index is 849. The normalized spacial score (nSPS) is 45.9. The molecule has 8 atom stereocenters. The lowest BCUT2D eigenvalue weighted by Gasteiger charge is -2.64. The minimum absolute atomic E-state index is 0.135.